The normalized spacial score (nSPS) is 12.4. The molecule has 0 bridgehead atoms. The second-order valence-electron chi connectivity index (χ2n) is 4.70. The molecule has 100 valence electrons. The van der Waals surface area contributed by atoms with Crippen LogP contribution in [-0.4, -0.2) is 12.3 Å². The molecule has 2 N–H and O–H groups in total. The third-order valence-corrected chi connectivity index (χ3v) is 4.10. The van der Waals surface area contributed by atoms with Crippen molar-refractivity contribution in [3.63, 3.8) is 0 Å². The SMILES string of the molecule is CCC(CCN)CCC(=O)Cc1ccccc1Br. The number of rotatable bonds is 8. The Morgan fingerprint density at radius 3 is 2.67 bits per heavy atom. The molecule has 0 saturated carbocycles. The molecule has 18 heavy (non-hydrogen) atoms. The summed E-state index contributed by atoms with van der Waals surface area (Å²) in [5.74, 6) is 0.913. The lowest BCUT2D eigenvalue weighted by Crippen LogP contribution is -2.11. The molecule has 0 aromatic heterocycles. The summed E-state index contributed by atoms with van der Waals surface area (Å²) >= 11 is 3.47. The Kier molecular flexibility index (Phi) is 7.21. The van der Waals surface area contributed by atoms with Crippen molar-refractivity contribution in [2.45, 2.75) is 39.0 Å². The molecule has 0 radical (unpaired) electrons. The van der Waals surface area contributed by atoms with Gasteiger partial charge in [0.05, 0.1) is 0 Å². The Morgan fingerprint density at radius 2 is 2.06 bits per heavy atom. The number of nitrogens with two attached hydrogens (primary N) is 1. The highest BCUT2D eigenvalue weighted by molar-refractivity contribution is 9.10. The van der Waals surface area contributed by atoms with E-state index in [1.807, 2.05) is 24.3 Å². The fourth-order valence-corrected chi connectivity index (χ4v) is 2.52. The molecular weight excluding hydrogens is 290 g/mol. The van der Waals surface area contributed by atoms with Crippen LogP contribution in [0.15, 0.2) is 28.7 Å². The predicted molar refractivity (Wildman–Crippen MR) is 79.5 cm³/mol. The monoisotopic (exact) mass is 311 g/mol. The van der Waals surface area contributed by atoms with Gasteiger partial charge in [-0.2, -0.15) is 0 Å². The Labute approximate surface area is 118 Å². The zero-order chi connectivity index (χ0) is 13.4. The van der Waals surface area contributed by atoms with Gasteiger partial charge in [0.2, 0.25) is 0 Å². The average molecular weight is 312 g/mol. The van der Waals surface area contributed by atoms with Gasteiger partial charge in [-0.1, -0.05) is 47.5 Å². The van der Waals surface area contributed by atoms with Crippen molar-refractivity contribution < 1.29 is 4.79 Å². The van der Waals surface area contributed by atoms with Crippen LogP contribution in [0.5, 0.6) is 0 Å². The van der Waals surface area contributed by atoms with E-state index in [1.165, 1.54) is 0 Å². The molecule has 1 atom stereocenters. The molecule has 1 aromatic rings. The molecule has 0 spiro atoms. The van der Waals surface area contributed by atoms with Crippen LogP contribution < -0.4 is 5.73 Å². The van der Waals surface area contributed by atoms with Gasteiger partial charge in [0.25, 0.3) is 0 Å². The molecule has 1 rings (SSSR count). The summed E-state index contributed by atoms with van der Waals surface area (Å²) in [6, 6.07) is 7.91. The number of ketones is 1. The van der Waals surface area contributed by atoms with Crippen molar-refractivity contribution in [2.75, 3.05) is 6.54 Å². The number of halogens is 1. The Bertz CT molecular complexity index is 379. The summed E-state index contributed by atoms with van der Waals surface area (Å²) in [6.45, 7) is 2.88. The molecule has 0 aliphatic rings. The van der Waals surface area contributed by atoms with Crippen LogP contribution in [0.1, 0.15) is 38.2 Å². The second kappa shape index (κ2) is 8.44. The maximum absolute atomic E-state index is 11.9. The minimum Gasteiger partial charge on any atom is -0.330 e. The van der Waals surface area contributed by atoms with Crippen LogP contribution in [-0.2, 0) is 11.2 Å². The maximum Gasteiger partial charge on any atom is 0.137 e. The fraction of sp³-hybridized carbons (Fsp3) is 0.533. The molecule has 0 fully saturated rings. The lowest BCUT2D eigenvalue weighted by Gasteiger charge is -2.12. The van der Waals surface area contributed by atoms with Gasteiger partial charge in [0.1, 0.15) is 5.78 Å². The van der Waals surface area contributed by atoms with Crippen LogP contribution in [0.25, 0.3) is 0 Å². The zero-order valence-electron chi connectivity index (χ0n) is 11.0. The number of Topliss-reactive ketones (excluding diaryl/α,β-unsaturated/α-hetero) is 1. The van der Waals surface area contributed by atoms with Crippen molar-refractivity contribution in [2.24, 2.45) is 11.7 Å². The van der Waals surface area contributed by atoms with E-state index < -0.39 is 0 Å². The van der Waals surface area contributed by atoms with Gasteiger partial charge in [0, 0.05) is 17.3 Å². The quantitative estimate of drug-likeness (QED) is 0.795. The lowest BCUT2D eigenvalue weighted by molar-refractivity contribution is -0.118. The number of carbonyl (C=O) groups excluding carboxylic acids is 1. The topological polar surface area (TPSA) is 43.1 Å². The summed E-state index contributed by atoms with van der Waals surface area (Å²) in [7, 11) is 0. The van der Waals surface area contributed by atoms with Gasteiger partial charge in [-0.05, 0) is 36.9 Å². The zero-order valence-corrected chi connectivity index (χ0v) is 12.6. The van der Waals surface area contributed by atoms with E-state index in [-0.39, 0.29) is 0 Å². The van der Waals surface area contributed by atoms with Gasteiger partial charge >= 0.3 is 0 Å². The molecule has 0 aliphatic heterocycles. The predicted octanol–water partition coefficient (Wildman–Crippen LogP) is 3.72. The molecule has 0 amide bonds. The third kappa shape index (κ3) is 5.32. The highest BCUT2D eigenvalue weighted by atomic mass is 79.9. The molecule has 0 aliphatic carbocycles. The molecule has 3 heteroatoms. The molecule has 0 saturated heterocycles. The Hall–Kier alpha value is -0.670. The summed E-state index contributed by atoms with van der Waals surface area (Å²) in [5.41, 5.74) is 6.64. The van der Waals surface area contributed by atoms with Crippen LogP contribution in [0.4, 0.5) is 0 Å². The first-order valence-corrected chi connectivity index (χ1v) is 7.41. The van der Waals surface area contributed by atoms with Gasteiger partial charge in [-0.15, -0.1) is 0 Å². The van der Waals surface area contributed by atoms with E-state index in [2.05, 4.69) is 22.9 Å². The van der Waals surface area contributed by atoms with Gasteiger partial charge in [-0.3, -0.25) is 4.79 Å². The van der Waals surface area contributed by atoms with Crippen molar-refractivity contribution in [1.82, 2.24) is 0 Å². The molecule has 0 heterocycles. The van der Waals surface area contributed by atoms with E-state index in [0.29, 0.717) is 24.5 Å². The van der Waals surface area contributed by atoms with Crippen LogP contribution in [0.2, 0.25) is 0 Å². The maximum atomic E-state index is 11.9. The van der Waals surface area contributed by atoms with Crippen molar-refractivity contribution in [1.29, 1.82) is 0 Å². The number of hydrogen-bond acceptors (Lipinski definition) is 2. The van der Waals surface area contributed by atoms with Gasteiger partial charge < -0.3 is 5.73 Å². The lowest BCUT2D eigenvalue weighted by atomic mass is 9.94. The summed E-state index contributed by atoms with van der Waals surface area (Å²) in [5, 5.41) is 0. The van der Waals surface area contributed by atoms with Gasteiger partial charge in [-0.25, -0.2) is 0 Å². The summed E-state index contributed by atoms with van der Waals surface area (Å²) in [6.07, 6.45) is 4.30. The van der Waals surface area contributed by atoms with Crippen LogP contribution >= 0.6 is 15.9 Å². The minimum atomic E-state index is 0.317. The average Bonchev–Trinajstić information content (AvgIpc) is 2.37. The largest absolute Gasteiger partial charge is 0.330 e. The fourth-order valence-electron chi connectivity index (χ4n) is 2.10. The van der Waals surface area contributed by atoms with E-state index in [0.717, 1.165) is 35.8 Å². The molecule has 2 nitrogen and oxygen atoms in total. The van der Waals surface area contributed by atoms with Crippen molar-refractivity contribution in [3.8, 4) is 0 Å². The van der Waals surface area contributed by atoms with E-state index >= 15 is 0 Å². The van der Waals surface area contributed by atoms with Crippen molar-refractivity contribution >= 4 is 21.7 Å². The Morgan fingerprint density at radius 1 is 1.33 bits per heavy atom. The Balaban J connectivity index is 2.40. The first-order chi connectivity index (χ1) is 8.67. The highest BCUT2D eigenvalue weighted by Gasteiger charge is 2.10. The minimum absolute atomic E-state index is 0.317. The van der Waals surface area contributed by atoms with E-state index in [1.54, 1.807) is 0 Å². The van der Waals surface area contributed by atoms with Crippen LogP contribution in [0, 0.1) is 5.92 Å². The molecular formula is C15H22BrNO. The second-order valence-corrected chi connectivity index (χ2v) is 5.55. The summed E-state index contributed by atoms with van der Waals surface area (Å²) in [4.78, 5) is 11.9. The highest BCUT2D eigenvalue weighted by Crippen LogP contribution is 2.19. The standard InChI is InChI=1S/C15H22BrNO/c1-2-12(9-10-17)7-8-14(18)11-13-5-3-4-6-15(13)16/h3-6,12H,2,7-11,17H2,1H3. The van der Waals surface area contributed by atoms with E-state index in [4.69, 9.17) is 5.73 Å². The third-order valence-electron chi connectivity index (χ3n) is 3.33. The van der Waals surface area contributed by atoms with E-state index in [9.17, 15) is 4.79 Å². The first kappa shape index (κ1) is 15.4. The summed E-state index contributed by atoms with van der Waals surface area (Å²) < 4.78 is 1.02. The van der Waals surface area contributed by atoms with Crippen LogP contribution in [0.3, 0.4) is 0 Å². The number of benzene rings is 1. The number of carbonyl (C=O) groups is 1. The molecule has 1 unspecified atom stereocenters. The molecule has 1 aromatic carbocycles. The van der Waals surface area contributed by atoms with Crippen molar-refractivity contribution in [3.05, 3.63) is 34.3 Å². The van der Waals surface area contributed by atoms with Gasteiger partial charge in [0.15, 0.2) is 0 Å². The first-order valence-electron chi connectivity index (χ1n) is 6.62. The number of hydrogen-bond donors (Lipinski definition) is 1. The smallest absolute Gasteiger partial charge is 0.137 e.